The number of quaternary nitrogens is 1. The summed E-state index contributed by atoms with van der Waals surface area (Å²) in [5, 5.41) is 0. The van der Waals surface area contributed by atoms with Gasteiger partial charge in [-0.3, -0.25) is 13.8 Å². The number of unbranched alkanes of at least 4 members (excludes halogenated alkanes) is 19. The van der Waals surface area contributed by atoms with Crippen LogP contribution in [0.1, 0.15) is 168 Å². The van der Waals surface area contributed by atoms with E-state index in [1.165, 1.54) is 83.5 Å². The Bertz CT molecular complexity index is 843. The first-order valence-electron chi connectivity index (χ1n) is 20.1. The van der Waals surface area contributed by atoms with E-state index in [9.17, 15) is 14.3 Å². The second kappa shape index (κ2) is 34.1. The standard InChI is InChI=1S/C40H78NO7P/c1-6-8-10-12-14-16-18-20-22-24-26-28-30-32-35-45-37-39(38-47-49(43,44)46-36-34-41(3,4)5)48-40(42)33-31-29-27-25-23-21-19-17-15-13-11-9-7-2/h11,13,17,19,39H,6-10,12,14-16,18,20-38H2,1-5H3/p+1/b13-11-,19-17-. The number of carbonyl (C=O) groups is 1. The zero-order valence-electron chi connectivity index (χ0n) is 32.7. The quantitative estimate of drug-likeness (QED) is 0.0225. The minimum atomic E-state index is -4.27. The monoisotopic (exact) mass is 717 g/mol. The van der Waals surface area contributed by atoms with E-state index in [1.807, 2.05) is 21.1 Å². The molecule has 0 aromatic carbocycles. The summed E-state index contributed by atoms with van der Waals surface area (Å²) in [7, 11) is 1.66. The van der Waals surface area contributed by atoms with Crippen LogP contribution in [0.15, 0.2) is 24.3 Å². The van der Waals surface area contributed by atoms with Crippen molar-refractivity contribution in [3.8, 4) is 0 Å². The van der Waals surface area contributed by atoms with Crippen LogP contribution < -0.4 is 0 Å². The summed E-state index contributed by atoms with van der Waals surface area (Å²) >= 11 is 0. The first-order valence-corrected chi connectivity index (χ1v) is 21.6. The maximum atomic E-state index is 12.6. The van der Waals surface area contributed by atoms with Gasteiger partial charge in [-0.05, 0) is 38.5 Å². The van der Waals surface area contributed by atoms with Gasteiger partial charge < -0.3 is 18.9 Å². The number of hydrogen-bond donors (Lipinski definition) is 1. The fraction of sp³-hybridized carbons (Fsp3) is 0.875. The average molecular weight is 717 g/mol. The summed E-state index contributed by atoms with van der Waals surface area (Å²) in [6.45, 7) is 5.55. The van der Waals surface area contributed by atoms with Crippen molar-refractivity contribution in [1.29, 1.82) is 0 Å². The number of rotatable bonds is 37. The van der Waals surface area contributed by atoms with Crippen molar-refractivity contribution in [1.82, 2.24) is 0 Å². The van der Waals surface area contributed by atoms with Crippen LogP contribution in [-0.2, 0) is 27.9 Å². The molecule has 0 spiro atoms. The molecular formula is C40H79NO7P+. The Morgan fingerprint density at radius 2 is 1.16 bits per heavy atom. The minimum absolute atomic E-state index is 0.0873. The first-order chi connectivity index (χ1) is 23.6. The molecule has 0 saturated heterocycles. The minimum Gasteiger partial charge on any atom is -0.457 e. The maximum absolute atomic E-state index is 12.6. The second-order valence-corrected chi connectivity index (χ2v) is 16.1. The molecule has 0 rings (SSSR count). The van der Waals surface area contributed by atoms with Gasteiger partial charge in [0.05, 0.1) is 34.4 Å². The summed E-state index contributed by atoms with van der Waals surface area (Å²) in [5.74, 6) is -0.327. The lowest BCUT2D eigenvalue weighted by molar-refractivity contribution is -0.870. The molecule has 9 heteroatoms. The lowest BCUT2D eigenvalue weighted by atomic mass is 10.0. The van der Waals surface area contributed by atoms with E-state index in [2.05, 4.69) is 38.2 Å². The maximum Gasteiger partial charge on any atom is 0.472 e. The molecule has 2 unspecified atom stereocenters. The van der Waals surface area contributed by atoms with Crippen molar-refractivity contribution in [2.24, 2.45) is 0 Å². The highest BCUT2D eigenvalue weighted by molar-refractivity contribution is 7.47. The number of ether oxygens (including phenoxy) is 2. The average Bonchev–Trinajstić information content (AvgIpc) is 3.04. The molecule has 0 aromatic heterocycles. The molecule has 0 fully saturated rings. The van der Waals surface area contributed by atoms with Crippen molar-refractivity contribution >= 4 is 13.8 Å². The van der Waals surface area contributed by atoms with E-state index in [0.29, 0.717) is 24.1 Å². The first kappa shape index (κ1) is 48.0. The fourth-order valence-electron chi connectivity index (χ4n) is 5.35. The van der Waals surface area contributed by atoms with Crippen molar-refractivity contribution in [3.63, 3.8) is 0 Å². The predicted octanol–water partition coefficient (Wildman–Crippen LogP) is 11.3. The number of carbonyl (C=O) groups excluding carboxylic acids is 1. The molecule has 0 amide bonds. The molecule has 0 heterocycles. The van der Waals surface area contributed by atoms with Gasteiger partial charge in [-0.25, -0.2) is 4.57 Å². The smallest absolute Gasteiger partial charge is 0.457 e. The summed E-state index contributed by atoms with van der Waals surface area (Å²) < 4.78 is 34.9. The van der Waals surface area contributed by atoms with Crippen LogP contribution in [0.4, 0.5) is 0 Å². The van der Waals surface area contributed by atoms with Gasteiger partial charge in [0.1, 0.15) is 19.3 Å². The van der Waals surface area contributed by atoms with E-state index >= 15 is 0 Å². The van der Waals surface area contributed by atoms with Gasteiger partial charge in [0, 0.05) is 13.0 Å². The summed E-state index contributed by atoms with van der Waals surface area (Å²) in [6.07, 6.45) is 36.3. The van der Waals surface area contributed by atoms with Gasteiger partial charge in [0.25, 0.3) is 0 Å². The highest BCUT2D eigenvalue weighted by Crippen LogP contribution is 2.43. The molecule has 0 aliphatic rings. The summed E-state index contributed by atoms with van der Waals surface area (Å²) in [4.78, 5) is 22.8. The Morgan fingerprint density at radius 3 is 1.73 bits per heavy atom. The third-order valence-corrected chi connectivity index (χ3v) is 9.48. The van der Waals surface area contributed by atoms with Crippen LogP contribution in [0.25, 0.3) is 0 Å². The largest absolute Gasteiger partial charge is 0.472 e. The summed E-state index contributed by atoms with van der Waals surface area (Å²) in [6, 6.07) is 0. The Kier molecular flexibility index (Phi) is 33.4. The van der Waals surface area contributed by atoms with Crippen LogP contribution >= 0.6 is 7.82 Å². The van der Waals surface area contributed by atoms with Gasteiger partial charge >= 0.3 is 13.8 Å². The summed E-state index contributed by atoms with van der Waals surface area (Å²) in [5.41, 5.74) is 0. The zero-order valence-corrected chi connectivity index (χ0v) is 33.6. The van der Waals surface area contributed by atoms with Crippen molar-refractivity contribution < 1.29 is 37.3 Å². The number of likely N-dealkylation sites (N-methyl/N-ethyl adjacent to an activating group) is 1. The van der Waals surface area contributed by atoms with Crippen LogP contribution in [0, 0.1) is 0 Å². The Labute approximate surface area is 303 Å². The Hall–Kier alpha value is -1.02. The molecule has 0 bridgehead atoms. The molecular weight excluding hydrogens is 637 g/mol. The van der Waals surface area contributed by atoms with Crippen molar-refractivity contribution in [3.05, 3.63) is 24.3 Å². The predicted molar refractivity (Wildman–Crippen MR) is 206 cm³/mol. The van der Waals surface area contributed by atoms with Gasteiger partial charge in [0.2, 0.25) is 0 Å². The topological polar surface area (TPSA) is 91.3 Å². The molecule has 0 aliphatic heterocycles. The molecule has 0 radical (unpaired) electrons. The van der Waals surface area contributed by atoms with Crippen molar-refractivity contribution in [2.45, 2.75) is 174 Å². The Morgan fingerprint density at radius 1 is 0.633 bits per heavy atom. The fourth-order valence-corrected chi connectivity index (χ4v) is 6.10. The van der Waals surface area contributed by atoms with Gasteiger partial charge in [-0.15, -0.1) is 0 Å². The number of phosphoric ester groups is 1. The molecule has 0 aliphatic carbocycles. The SMILES string of the molecule is CCC/C=C\C/C=C\CCCCCCCC(=O)OC(COCCCCCCCCCCCCCCCC)COP(=O)(O)OCC[N+](C)(C)C. The number of hydrogen-bond acceptors (Lipinski definition) is 6. The van der Waals surface area contributed by atoms with Gasteiger partial charge in [-0.2, -0.15) is 0 Å². The number of phosphoric acid groups is 1. The number of esters is 1. The van der Waals surface area contributed by atoms with Gasteiger partial charge in [-0.1, -0.05) is 147 Å². The van der Waals surface area contributed by atoms with E-state index < -0.39 is 13.9 Å². The van der Waals surface area contributed by atoms with E-state index in [-0.39, 0.29) is 25.8 Å². The Balaban J connectivity index is 4.29. The number of allylic oxidation sites excluding steroid dienone is 4. The van der Waals surface area contributed by atoms with Crippen LogP contribution in [0.2, 0.25) is 0 Å². The van der Waals surface area contributed by atoms with E-state index in [4.69, 9.17) is 18.5 Å². The molecule has 0 saturated carbocycles. The van der Waals surface area contributed by atoms with E-state index in [1.54, 1.807) is 0 Å². The molecule has 2 atom stereocenters. The molecule has 1 N–H and O–H groups in total. The van der Waals surface area contributed by atoms with E-state index in [0.717, 1.165) is 64.2 Å². The zero-order chi connectivity index (χ0) is 36.3. The van der Waals surface area contributed by atoms with Crippen LogP contribution in [0.5, 0.6) is 0 Å². The lowest BCUT2D eigenvalue weighted by Crippen LogP contribution is -2.37. The molecule has 49 heavy (non-hydrogen) atoms. The second-order valence-electron chi connectivity index (χ2n) is 14.7. The third kappa shape index (κ3) is 38.1. The van der Waals surface area contributed by atoms with Crippen molar-refractivity contribution in [2.75, 3.05) is 54.1 Å². The molecule has 0 aromatic rings. The highest BCUT2D eigenvalue weighted by Gasteiger charge is 2.26. The third-order valence-electron chi connectivity index (χ3n) is 8.50. The molecule has 290 valence electrons. The number of nitrogens with zero attached hydrogens (tertiary/aromatic N) is 1. The molecule has 8 nitrogen and oxygen atoms in total. The van der Waals surface area contributed by atoms with Gasteiger partial charge in [0.15, 0.2) is 0 Å². The normalized spacial score (nSPS) is 14.2. The highest BCUT2D eigenvalue weighted by atomic mass is 31.2. The van der Waals surface area contributed by atoms with Crippen LogP contribution in [-0.4, -0.2) is 75.6 Å². The lowest BCUT2D eigenvalue weighted by Gasteiger charge is -2.24. The van der Waals surface area contributed by atoms with Crippen LogP contribution in [0.3, 0.4) is 0 Å².